The van der Waals surface area contributed by atoms with E-state index in [0.717, 1.165) is 0 Å². The van der Waals surface area contributed by atoms with Crippen molar-refractivity contribution in [1.29, 1.82) is 0 Å². The van der Waals surface area contributed by atoms with Gasteiger partial charge in [-0.2, -0.15) is 0 Å². The highest BCUT2D eigenvalue weighted by Gasteiger charge is 2.11. The van der Waals surface area contributed by atoms with Gasteiger partial charge in [-0.3, -0.25) is 10.7 Å². The fraction of sp³-hybridized carbons (Fsp3) is 0. The number of para-hydroxylation sites is 1. The number of rotatable bonds is 3. The van der Waals surface area contributed by atoms with Crippen LogP contribution >= 0.6 is 0 Å². The molecule has 0 aliphatic carbocycles. The number of nitrogens with zero attached hydrogens (tertiary/aromatic N) is 2. The quantitative estimate of drug-likeness (QED) is 0.341. The number of hydrogen-bond donors (Lipinski definition) is 3. The zero-order valence-corrected chi connectivity index (χ0v) is 10.1. The predicted molar refractivity (Wildman–Crippen MR) is 73.2 cm³/mol. The number of hydroxylamine groups is 1. The lowest BCUT2D eigenvalue weighted by Gasteiger charge is -2.07. The molecule has 5 heteroatoms. The van der Waals surface area contributed by atoms with Crippen LogP contribution in [0.1, 0.15) is 5.56 Å². The van der Waals surface area contributed by atoms with Gasteiger partial charge in [0, 0.05) is 5.56 Å². The molecule has 0 atom stereocenters. The number of oxime groups is 1. The molecule has 2 rings (SSSR count). The highest BCUT2D eigenvalue weighted by Crippen LogP contribution is 2.11. The second-order valence-corrected chi connectivity index (χ2v) is 3.72. The molecule has 0 radical (unpaired) electrons. The van der Waals surface area contributed by atoms with E-state index in [1.807, 2.05) is 29.7 Å². The molecule has 2 aromatic rings. The molecular weight excluding hydrogens is 242 g/mol. The number of aliphatic imine (C=N–C) groups is 1. The molecule has 96 valence electrons. The van der Waals surface area contributed by atoms with E-state index in [9.17, 15) is 5.21 Å². The van der Waals surface area contributed by atoms with Gasteiger partial charge in [-0.15, -0.1) is 0 Å². The molecule has 19 heavy (non-hydrogen) atoms. The van der Waals surface area contributed by atoms with E-state index in [-0.39, 0.29) is 11.5 Å². The molecule has 0 saturated heterocycles. The van der Waals surface area contributed by atoms with Crippen LogP contribution in [0.25, 0.3) is 0 Å². The van der Waals surface area contributed by atoms with Crippen LogP contribution in [-0.2, 0) is 0 Å². The highest BCUT2D eigenvalue weighted by molar-refractivity contribution is 6.47. The molecule has 3 N–H and O–H groups in total. The molecule has 0 fully saturated rings. The van der Waals surface area contributed by atoms with Crippen molar-refractivity contribution in [1.82, 2.24) is 5.48 Å². The van der Waals surface area contributed by atoms with Gasteiger partial charge < -0.3 is 5.21 Å². The molecule has 0 aromatic heterocycles. The fourth-order valence-corrected chi connectivity index (χ4v) is 1.60. The largest absolute Gasteiger partial charge is 0.410 e. The Morgan fingerprint density at radius 2 is 1.47 bits per heavy atom. The lowest BCUT2D eigenvalue weighted by atomic mass is 10.1. The molecule has 0 unspecified atom stereocenters. The van der Waals surface area contributed by atoms with E-state index in [4.69, 9.17) is 5.21 Å². The second-order valence-electron chi connectivity index (χ2n) is 3.72. The molecule has 5 nitrogen and oxygen atoms in total. The van der Waals surface area contributed by atoms with Crippen LogP contribution < -0.4 is 5.48 Å². The van der Waals surface area contributed by atoms with E-state index < -0.39 is 0 Å². The third-order valence-electron chi connectivity index (χ3n) is 2.47. The summed E-state index contributed by atoms with van der Waals surface area (Å²) in [6.45, 7) is 0. The number of benzene rings is 2. The van der Waals surface area contributed by atoms with Crippen LogP contribution in [0.15, 0.2) is 70.8 Å². The summed E-state index contributed by atoms with van der Waals surface area (Å²) in [4.78, 5) is 4.19. The summed E-state index contributed by atoms with van der Waals surface area (Å²) in [7, 11) is 0. The molecular formula is C14H13N3O2. The van der Waals surface area contributed by atoms with Crippen LogP contribution in [0.5, 0.6) is 0 Å². The van der Waals surface area contributed by atoms with Gasteiger partial charge in [0.1, 0.15) is 0 Å². The Hall–Kier alpha value is -2.66. The monoisotopic (exact) mass is 255 g/mol. The molecule has 0 aliphatic rings. The van der Waals surface area contributed by atoms with Gasteiger partial charge in [-0.05, 0) is 12.1 Å². The zero-order valence-electron chi connectivity index (χ0n) is 10.1. The molecule has 2 aromatic carbocycles. The van der Waals surface area contributed by atoms with E-state index in [1.54, 1.807) is 36.4 Å². The maximum atomic E-state index is 9.18. The van der Waals surface area contributed by atoms with Crippen LogP contribution in [0.4, 0.5) is 5.69 Å². The Bertz CT molecular complexity index is 580. The maximum Gasteiger partial charge on any atom is 0.180 e. The first-order valence-electron chi connectivity index (χ1n) is 5.67. The van der Waals surface area contributed by atoms with Gasteiger partial charge >= 0.3 is 0 Å². The van der Waals surface area contributed by atoms with Crippen molar-refractivity contribution in [3.05, 3.63) is 66.2 Å². The minimum atomic E-state index is 0.0694. The number of nitrogens with one attached hydrogen (secondary N) is 1. The Morgan fingerprint density at radius 3 is 2.00 bits per heavy atom. The van der Waals surface area contributed by atoms with Crippen molar-refractivity contribution in [2.24, 2.45) is 10.1 Å². The second kappa shape index (κ2) is 6.32. The van der Waals surface area contributed by atoms with Crippen molar-refractivity contribution in [2.75, 3.05) is 0 Å². The molecule has 0 amide bonds. The first-order chi connectivity index (χ1) is 9.35. The fourth-order valence-electron chi connectivity index (χ4n) is 1.60. The maximum absolute atomic E-state index is 9.18. The first-order valence-corrected chi connectivity index (χ1v) is 5.67. The van der Waals surface area contributed by atoms with Gasteiger partial charge in [-0.1, -0.05) is 53.7 Å². The zero-order chi connectivity index (χ0) is 13.5. The first kappa shape index (κ1) is 12.8. The number of hydrogen-bond acceptors (Lipinski definition) is 4. The lowest BCUT2D eigenvalue weighted by molar-refractivity contribution is 0.236. The Balaban J connectivity index is 2.39. The topological polar surface area (TPSA) is 77.2 Å². The van der Waals surface area contributed by atoms with Crippen molar-refractivity contribution in [2.45, 2.75) is 0 Å². The summed E-state index contributed by atoms with van der Waals surface area (Å²) in [6, 6.07) is 18.0. The summed E-state index contributed by atoms with van der Waals surface area (Å²) in [5.74, 6) is 0.0694. The third kappa shape index (κ3) is 3.17. The van der Waals surface area contributed by atoms with Crippen molar-refractivity contribution >= 4 is 17.2 Å². The van der Waals surface area contributed by atoms with E-state index in [0.29, 0.717) is 11.3 Å². The van der Waals surface area contributed by atoms with E-state index in [2.05, 4.69) is 10.1 Å². The van der Waals surface area contributed by atoms with Crippen molar-refractivity contribution in [3.8, 4) is 0 Å². The molecule has 0 aliphatic heterocycles. The van der Waals surface area contributed by atoms with Gasteiger partial charge in [0.2, 0.25) is 0 Å². The summed E-state index contributed by atoms with van der Waals surface area (Å²) in [5, 5.41) is 21.5. The highest BCUT2D eigenvalue weighted by atomic mass is 16.5. The van der Waals surface area contributed by atoms with Gasteiger partial charge in [0.15, 0.2) is 11.5 Å². The Labute approximate surface area is 110 Å². The lowest BCUT2D eigenvalue weighted by Crippen LogP contribution is -2.29. The van der Waals surface area contributed by atoms with E-state index >= 15 is 0 Å². The Kier molecular flexibility index (Phi) is 4.25. The van der Waals surface area contributed by atoms with Gasteiger partial charge in [-0.25, -0.2) is 4.99 Å². The minimum Gasteiger partial charge on any atom is -0.410 e. The van der Waals surface area contributed by atoms with Crippen molar-refractivity contribution < 1.29 is 10.4 Å². The SMILES string of the molecule is O/N=C(/C(=Nc1ccccc1)NO)c1ccccc1. The van der Waals surface area contributed by atoms with Gasteiger partial charge in [0.25, 0.3) is 0 Å². The summed E-state index contributed by atoms with van der Waals surface area (Å²) < 4.78 is 0. The summed E-state index contributed by atoms with van der Waals surface area (Å²) >= 11 is 0. The molecule has 0 bridgehead atoms. The predicted octanol–water partition coefficient (Wildman–Crippen LogP) is 2.57. The summed E-state index contributed by atoms with van der Waals surface area (Å²) in [5.41, 5.74) is 3.39. The minimum absolute atomic E-state index is 0.0694. The van der Waals surface area contributed by atoms with Gasteiger partial charge in [0.05, 0.1) is 5.69 Å². The van der Waals surface area contributed by atoms with E-state index in [1.165, 1.54) is 0 Å². The standard InChI is InChI=1S/C14H13N3O2/c18-16-13(11-7-3-1-4-8-11)14(17-19)15-12-9-5-2-6-10-12/h1-10,18-19H,(H,15,17)/b16-13+. The van der Waals surface area contributed by atoms with Crippen molar-refractivity contribution in [3.63, 3.8) is 0 Å². The van der Waals surface area contributed by atoms with Crippen LogP contribution in [0, 0.1) is 0 Å². The average molecular weight is 255 g/mol. The molecule has 0 spiro atoms. The smallest absolute Gasteiger partial charge is 0.180 e. The average Bonchev–Trinajstić information content (AvgIpc) is 2.49. The molecule has 0 heterocycles. The van der Waals surface area contributed by atoms with Crippen LogP contribution in [-0.4, -0.2) is 22.0 Å². The van der Waals surface area contributed by atoms with Crippen LogP contribution in [0.2, 0.25) is 0 Å². The Morgan fingerprint density at radius 1 is 0.895 bits per heavy atom. The third-order valence-corrected chi connectivity index (χ3v) is 2.47. The number of amidine groups is 1. The molecule has 0 saturated carbocycles. The normalized spacial score (nSPS) is 12.3. The van der Waals surface area contributed by atoms with Crippen LogP contribution in [0.3, 0.4) is 0 Å². The summed E-state index contributed by atoms with van der Waals surface area (Å²) in [6.07, 6.45) is 0.